The van der Waals surface area contributed by atoms with E-state index in [1.54, 1.807) is 0 Å². The minimum atomic E-state index is 0.263. The average Bonchev–Trinajstić information content (AvgIpc) is 2.15. The van der Waals surface area contributed by atoms with Gasteiger partial charge in [-0.3, -0.25) is 4.79 Å². The van der Waals surface area contributed by atoms with Gasteiger partial charge in [-0.05, 0) is 20.3 Å². The molecule has 0 rings (SSSR count). The molecule has 0 atom stereocenters. The maximum atomic E-state index is 11.4. The van der Waals surface area contributed by atoms with Crippen molar-refractivity contribution in [1.29, 1.82) is 0 Å². The van der Waals surface area contributed by atoms with Gasteiger partial charge < -0.3 is 4.84 Å². The summed E-state index contributed by atoms with van der Waals surface area (Å²) in [5.41, 5.74) is 0.772. The quantitative estimate of drug-likeness (QED) is 0.342. The van der Waals surface area contributed by atoms with Crippen LogP contribution in [-0.2, 0) is 9.63 Å². The number of hydrogen-bond acceptors (Lipinski definition) is 3. The monoisotopic (exact) mass is 199 g/mol. The summed E-state index contributed by atoms with van der Waals surface area (Å²) in [6.07, 6.45) is 4.39. The Labute approximate surface area is 86.5 Å². The molecule has 0 amide bonds. The zero-order valence-corrected chi connectivity index (χ0v) is 9.51. The zero-order chi connectivity index (χ0) is 10.8. The van der Waals surface area contributed by atoms with Crippen LogP contribution in [-0.4, -0.2) is 18.1 Å². The molecule has 0 spiro atoms. The molecule has 0 saturated heterocycles. The van der Waals surface area contributed by atoms with Crippen LogP contribution in [0.4, 0.5) is 0 Å². The van der Waals surface area contributed by atoms with E-state index < -0.39 is 0 Å². The van der Waals surface area contributed by atoms with E-state index in [9.17, 15) is 4.79 Å². The summed E-state index contributed by atoms with van der Waals surface area (Å²) in [4.78, 5) is 16.2. The van der Waals surface area contributed by atoms with Crippen LogP contribution >= 0.6 is 0 Å². The first kappa shape index (κ1) is 13.1. The Morgan fingerprint density at radius 1 is 1.29 bits per heavy atom. The second-order valence-electron chi connectivity index (χ2n) is 3.42. The van der Waals surface area contributed by atoms with E-state index in [0.717, 1.165) is 25.0 Å². The predicted molar refractivity (Wildman–Crippen MR) is 58.5 cm³/mol. The Hall–Kier alpha value is -0.860. The third-order valence-corrected chi connectivity index (χ3v) is 1.86. The summed E-state index contributed by atoms with van der Waals surface area (Å²) in [5, 5.41) is 3.81. The van der Waals surface area contributed by atoms with E-state index in [2.05, 4.69) is 12.1 Å². The van der Waals surface area contributed by atoms with Gasteiger partial charge in [0.1, 0.15) is 12.4 Å². The first-order chi connectivity index (χ1) is 6.70. The zero-order valence-electron chi connectivity index (χ0n) is 9.51. The summed E-state index contributed by atoms with van der Waals surface area (Å²) < 4.78 is 0. The van der Waals surface area contributed by atoms with E-state index in [-0.39, 0.29) is 5.78 Å². The van der Waals surface area contributed by atoms with E-state index in [1.807, 2.05) is 13.8 Å². The van der Waals surface area contributed by atoms with Gasteiger partial charge in [-0.25, -0.2) is 0 Å². The van der Waals surface area contributed by atoms with Gasteiger partial charge in [0.05, 0.1) is 5.71 Å². The number of hydrogen-bond donors (Lipinski definition) is 0. The molecule has 0 aliphatic carbocycles. The molecule has 0 N–H and O–H groups in total. The van der Waals surface area contributed by atoms with Crippen molar-refractivity contribution in [3.8, 4) is 0 Å². The van der Waals surface area contributed by atoms with Crippen LogP contribution in [0.3, 0.4) is 0 Å². The normalized spacial score (nSPS) is 11.5. The molecule has 0 aromatic heterocycles. The Morgan fingerprint density at radius 3 is 2.57 bits per heavy atom. The number of carbonyl (C=O) groups is 1. The highest BCUT2D eigenvalue weighted by atomic mass is 16.6. The van der Waals surface area contributed by atoms with Crippen LogP contribution in [0.2, 0.25) is 0 Å². The average molecular weight is 199 g/mol. The number of carbonyl (C=O) groups excluding carboxylic acids is 1. The minimum absolute atomic E-state index is 0.263. The molecule has 0 fully saturated rings. The van der Waals surface area contributed by atoms with Crippen LogP contribution in [0, 0.1) is 0 Å². The first-order valence-corrected chi connectivity index (χ1v) is 5.37. The van der Waals surface area contributed by atoms with Gasteiger partial charge in [-0.1, -0.05) is 24.9 Å². The second-order valence-corrected chi connectivity index (χ2v) is 3.42. The van der Waals surface area contributed by atoms with Crippen molar-refractivity contribution in [1.82, 2.24) is 0 Å². The number of Topliss-reactive ketones (excluding diaryl/α,β-unsaturated/α-hetero) is 1. The molecule has 0 saturated carbocycles. The van der Waals surface area contributed by atoms with Crippen LogP contribution in [0.25, 0.3) is 0 Å². The lowest BCUT2D eigenvalue weighted by Gasteiger charge is -2.00. The number of ketones is 1. The Morgan fingerprint density at radius 2 is 2.00 bits per heavy atom. The van der Waals surface area contributed by atoms with Crippen molar-refractivity contribution < 1.29 is 9.63 Å². The molecule has 0 aliphatic rings. The fourth-order valence-electron chi connectivity index (χ4n) is 1.15. The lowest BCUT2D eigenvalue weighted by atomic mass is 10.1. The van der Waals surface area contributed by atoms with Crippen LogP contribution in [0.1, 0.15) is 52.9 Å². The fraction of sp³-hybridized carbons (Fsp3) is 0.818. The molecule has 0 aromatic carbocycles. The van der Waals surface area contributed by atoms with Crippen molar-refractivity contribution >= 4 is 11.5 Å². The summed E-state index contributed by atoms with van der Waals surface area (Å²) in [7, 11) is 0. The van der Waals surface area contributed by atoms with Crippen molar-refractivity contribution in [3.63, 3.8) is 0 Å². The number of nitrogens with zero attached hydrogens (tertiary/aromatic N) is 1. The SMILES string of the molecule is CCCCCC(=O)CC(C)=NOCC. The molecule has 0 radical (unpaired) electrons. The maximum Gasteiger partial charge on any atom is 0.138 e. The van der Waals surface area contributed by atoms with Gasteiger partial charge in [-0.2, -0.15) is 0 Å². The molecule has 0 heterocycles. The Bertz CT molecular complexity index is 188. The molecule has 0 unspecified atom stereocenters. The molecule has 82 valence electrons. The maximum absolute atomic E-state index is 11.4. The summed E-state index contributed by atoms with van der Waals surface area (Å²) in [6.45, 7) is 6.39. The highest BCUT2D eigenvalue weighted by Gasteiger charge is 2.03. The number of rotatable bonds is 8. The summed E-state index contributed by atoms with van der Waals surface area (Å²) >= 11 is 0. The van der Waals surface area contributed by atoms with Gasteiger partial charge in [0.15, 0.2) is 0 Å². The topological polar surface area (TPSA) is 38.7 Å². The third-order valence-electron chi connectivity index (χ3n) is 1.86. The summed E-state index contributed by atoms with van der Waals surface area (Å²) in [5.74, 6) is 0.263. The van der Waals surface area contributed by atoms with E-state index >= 15 is 0 Å². The van der Waals surface area contributed by atoms with Crippen LogP contribution < -0.4 is 0 Å². The van der Waals surface area contributed by atoms with Gasteiger partial charge in [0.25, 0.3) is 0 Å². The predicted octanol–water partition coefficient (Wildman–Crippen LogP) is 2.94. The Kier molecular flexibility index (Phi) is 8.19. The second kappa shape index (κ2) is 8.73. The third kappa shape index (κ3) is 7.77. The lowest BCUT2D eigenvalue weighted by Crippen LogP contribution is -2.05. The largest absolute Gasteiger partial charge is 0.396 e. The van der Waals surface area contributed by atoms with Gasteiger partial charge >= 0.3 is 0 Å². The lowest BCUT2D eigenvalue weighted by molar-refractivity contribution is -0.118. The molecule has 3 nitrogen and oxygen atoms in total. The molecule has 0 aromatic rings. The van der Waals surface area contributed by atoms with Gasteiger partial charge in [0.2, 0.25) is 0 Å². The van der Waals surface area contributed by atoms with Gasteiger partial charge in [-0.15, -0.1) is 0 Å². The number of oxime groups is 1. The first-order valence-electron chi connectivity index (χ1n) is 5.37. The van der Waals surface area contributed by atoms with E-state index in [1.165, 1.54) is 0 Å². The van der Waals surface area contributed by atoms with Gasteiger partial charge in [0, 0.05) is 12.8 Å². The number of unbranched alkanes of at least 4 members (excludes halogenated alkanes) is 2. The van der Waals surface area contributed by atoms with E-state index in [4.69, 9.17) is 4.84 Å². The van der Waals surface area contributed by atoms with Crippen molar-refractivity contribution in [3.05, 3.63) is 0 Å². The fourth-order valence-corrected chi connectivity index (χ4v) is 1.15. The minimum Gasteiger partial charge on any atom is -0.396 e. The van der Waals surface area contributed by atoms with Crippen molar-refractivity contribution in [2.45, 2.75) is 52.9 Å². The summed E-state index contributed by atoms with van der Waals surface area (Å²) in [6, 6.07) is 0. The highest BCUT2D eigenvalue weighted by Crippen LogP contribution is 2.02. The van der Waals surface area contributed by atoms with E-state index in [0.29, 0.717) is 19.4 Å². The molecular formula is C11H21NO2. The standard InChI is InChI=1S/C11H21NO2/c1-4-6-7-8-11(13)9-10(3)12-14-5-2/h4-9H2,1-3H3. The smallest absolute Gasteiger partial charge is 0.138 e. The van der Waals surface area contributed by atoms with Crippen molar-refractivity contribution in [2.75, 3.05) is 6.61 Å². The highest BCUT2D eigenvalue weighted by molar-refractivity contribution is 6.00. The van der Waals surface area contributed by atoms with Crippen molar-refractivity contribution in [2.24, 2.45) is 5.16 Å². The molecule has 0 bridgehead atoms. The molecular weight excluding hydrogens is 178 g/mol. The molecule has 3 heteroatoms. The van der Waals surface area contributed by atoms with Crippen LogP contribution in [0.15, 0.2) is 5.16 Å². The molecule has 0 aliphatic heterocycles. The Balaban J connectivity index is 3.60. The van der Waals surface area contributed by atoms with Crippen LogP contribution in [0.5, 0.6) is 0 Å². The molecule has 14 heavy (non-hydrogen) atoms.